The number of hydrazine groups is 1. The first-order chi connectivity index (χ1) is 15.4. The number of nitriles is 1. The molecule has 32 heavy (non-hydrogen) atoms. The summed E-state index contributed by atoms with van der Waals surface area (Å²) in [7, 11) is 3.04. The average Bonchev–Trinajstić information content (AvgIpc) is 2.78. The summed E-state index contributed by atoms with van der Waals surface area (Å²) in [5, 5.41) is 16.9. The van der Waals surface area contributed by atoms with Crippen LogP contribution in [0.4, 0.5) is 33.2 Å². The molecule has 0 aliphatic heterocycles. The Bertz CT molecular complexity index is 1190. The number of nitrogens with zero attached hydrogens (tertiary/aromatic N) is 4. The highest BCUT2D eigenvalue weighted by Crippen LogP contribution is 2.35. The Morgan fingerprint density at radius 3 is 2.62 bits per heavy atom. The number of carbonyl (C=O) groups is 1. The van der Waals surface area contributed by atoms with Crippen LogP contribution in [0, 0.1) is 31.0 Å². The van der Waals surface area contributed by atoms with Crippen LogP contribution in [0.5, 0.6) is 5.75 Å². The van der Waals surface area contributed by atoms with E-state index in [1.165, 1.54) is 12.1 Å². The predicted molar refractivity (Wildman–Crippen MR) is 120 cm³/mol. The van der Waals surface area contributed by atoms with Gasteiger partial charge in [-0.1, -0.05) is 6.07 Å². The number of carbonyl (C=O) groups excluding carboxylic acids is 1. The van der Waals surface area contributed by atoms with Gasteiger partial charge in [0.25, 0.3) is 0 Å². The summed E-state index contributed by atoms with van der Waals surface area (Å²) >= 11 is 0. The second-order valence-electron chi connectivity index (χ2n) is 6.92. The third-order valence-electron chi connectivity index (χ3n) is 4.62. The zero-order chi connectivity index (χ0) is 23.3. The minimum atomic E-state index is -0.408. The zero-order valence-corrected chi connectivity index (χ0v) is 18.0. The quantitative estimate of drug-likeness (QED) is 0.359. The highest BCUT2D eigenvalue weighted by atomic mass is 19.1. The number of hydrogen-bond acceptors (Lipinski definition) is 8. The van der Waals surface area contributed by atoms with Gasteiger partial charge in [-0.25, -0.2) is 14.4 Å². The first kappa shape index (κ1) is 22.3. The fourth-order valence-corrected chi connectivity index (χ4v) is 2.93. The van der Waals surface area contributed by atoms with E-state index in [1.54, 1.807) is 44.3 Å². The van der Waals surface area contributed by atoms with Gasteiger partial charge in [-0.05, 0) is 37.6 Å². The van der Waals surface area contributed by atoms with E-state index in [1.807, 2.05) is 6.92 Å². The smallest absolute Gasteiger partial charge is 0.227 e. The maximum absolute atomic E-state index is 13.6. The van der Waals surface area contributed by atoms with Gasteiger partial charge in [0, 0.05) is 24.4 Å². The number of halogens is 1. The van der Waals surface area contributed by atoms with E-state index in [9.17, 15) is 14.4 Å². The molecule has 3 N–H and O–H groups in total. The molecule has 0 saturated carbocycles. The minimum absolute atomic E-state index is 0.382. The van der Waals surface area contributed by atoms with Crippen molar-refractivity contribution < 1.29 is 13.9 Å². The molecule has 3 aromatic rings. The van der Waals surface area contributed by atoms with Crippen LogP contribution < -0.4 is 20.8 Å². The van der Waals surface area contributed by atoms with E-state index in [0.29, 0.717) is 57.7 Å². The van der Waals surface area contributed by atoms with Gasteiger partial charge in [-0.3, -0.25) is 15.2 Å². The molecular formula is C22H22FN7O2. The molecule has 164 valence electrons. The molecule has 0 aliphatic rings. The summed E-state index contributed by atoms with van der Waals surface area (Å²) in [6.45, 7) is 3.46. The van der Waals surface area contributed by atoms with E-state index in [0.717, 1.165) is 6.20 Å². The Balaban J connectivity index is 2.05. The van der Waals surface area contributed by atoms with E-state index in [-0.39, 0.29) is 0 Å². The molecule has 2 aromatic heterocycles. The van der Waals surface area contributed by atoms with Crippen molar-refractivity contribution in [2.45, 2.75) is 13.8 Å². The van der Waals surface area contributed by atoms with Gasteiger partial charge in [0.1, 0.15) is 23.5 Å². The van der Waals surface area contributed by atoms with Crippen molar-refractivity contribution in [3.05, 3.63) is 59.0 Å². The van der Waals surface area contributed by atoms with Crippen molar-refractivity contribution in [1.29, 1.82) is 5.26 Å². The van der Waals surface area contributed by atoms with Crippen LogP contribution in [-0.4, -0.2) is 35.5 Å². The normalized spacial score (nSPS) is 10.1. The van der Waals surface area contributed by atoms with Crippen molar-refractivity contribution in [3.8, 4) is 11.8 Å². The molecule has 1 amide bonds. The van der Waals surface area contributed by atoms with Crippen molar-refractivity contribution in [3.63, 3.8) is 0 Å². The molecule has 0 unspecified atom stereocenters. The second-order valence-corrected chi connectivity index (χ2v) is 6.92. The highest BCUT2D eigenvalue weighted by Gasteiger charge is 2.15. The fourth-order valence-electron chi connectivity index (χ4n) is 2.93. The molecule has 0 atom stereocenters. The van der Waals surface area contributed by atoms with E-state index in [2.05, 4.69) is 32.1 Å². The minimum Gasteiger partial charge on any atom is -0.493 e. The monoisotopic (exact) mass is 435 g/mol. The number of hydrogen-bond donors (Lipinski definition) is 3. The number of anilines is 5. The molecule has 0 radical (unpaired) electrons. The largest absolute Gasteiger partial charge is 0.493 e. The third kappa shape index (κ3) is 4.84. The lowest BCUT2D eigenvalue weighted by atomic mass is 10.1. The van der Waals surface area contributed by atoms with E-state index < -0.39 is 5.82 Å². The van der Waals surface area contributed by atoms with Crippen LogP contribution >= 0.6 is 0 Å². The molecule has 0 fully saturated rings. The van der Waals surface area contributed by atoms with Crippen molar-refractivity contribution in [2.75, 3.05) is 30.2 Å². The molecule has 3 rings (SSSR count). The molecule has 0 spiro atoms. The number of aryl methyl sites for hydroxylation is 1. The maximum atomic E-state index is 13.6. The van der Waals surface area contributed by atoms with Crippen LogP contribution in [0.1, 0.15) is 16.7 Å². The van der Waals surface area contributed by atoms with Gasteiger partial charge in [-0.15, -0.1) is 0 Å². The lowest BCUT2D eigenvalue weighted by Crippen LogP contribution is -2.24. The summed E-state index contributed by atoms with van der Waals surface area (Å²) < 4.78 is 19.0. The van der Waals surface area contributed by atoms with Crippen molar-refractivity contribution >= 4 is 35.2 Å². The molecule has 0 aliphatic carbocycles. The van der Waals surface area contributed by atoms with Gasteiger partial charge in [0.05, 0.1) is 24.6 Å². The highest BCUT2D eigenvalue weighted by molar-refractivity contribution is 5.77. The second kappa shape index (κ2) is 9.61. The topological polar surface area (TPSA) is 115 Å². The number of amides is 1. The number of methoxy groups -OCH3 is 1. The SMILES string of the molecule is COc1c(C#N)cccc1Nc1cc(Nc2cc(C)c(F)cn2)nc(NN(C)C=O)c1C. The number of para-hydroxylation sites is 1. The molecular weight excluding hydrogens is 413 g/mol. The number of nitrogens with one attached hydrogen (secondary N) is 3. The average molecular weight is 435 g/mol. The number of ether oxygens (including phenoxy) is 1. The predicted octanol–water partition coefficient (Wildman–Crippen LogP) is 4.02. The lowest BCUT2D eigenvalue weighted by Gasteiger charge is -2.20. The van der Waals surface area contributed by atoms with E-state index >= 15 is 0 Å². The van der Waals surface area contributed by atoms with Crippen LogP contribution in [0.25, 0.3) is 0 Å². The standard InChI is InChI=1S/C22H22FN7O2/c1-13-8-19(25-11-16(13)23)27-20-9-18(14(2)22(28-20)29-30(3)12-31)26-17-7-5-6-15(10-24)21(17)32-4/h5-9,11-12H,1-4H3,(H3,25,26,27,28,29). The summed E-state index contributed by atoms with van der Waals surface area (Å²) in [6, 6.07) is 10.6. The number of benzene rings is 1. The van der Waals surface area contributed by atoms with Gasteiger partial charge in [0.15, 0.2) is 11.6 Å². The Hall–Kier alpha value is -4.39. The molecule has 10 heteroatoms. The molecule has 1 aromatic carbocycles. The molecule has 0 saturated heterocycles. The summed E-state index contributed by atoms with van der Waals surface area (Å²) in [4.78, 5) is 19.7. The van der Waals surface area contributed by atoms with Gasteiger partial charge in [0.2, 0.25) is 6.41 Å². The summed E-state index contributed by atoms with van der Waals surface area (Å²) in [5.74, 6) is 1.20. The van der Waals surface area contributed by atoms with Crippen LogP contribution in [0.2, 0.25) is 0 Å². The third-order valence-corrected chi connectivity index (χ3v) is 4.62. The first-order valence-corrected chi connectivity index (χ1v) is 9.56. The Morgan fingerprint density at radius 2 is 1.97 bits per heavy atom. The summed E-state index contributed by atoms with van der Waals surface area (Å²) in [5.41, 5.74) is 5.63. The van der Waals surface area contributed by atoms with Gasteiger partial charge in [-0.2, -0.15) is 5.26 Å². The van der Waals surface area contributed by atoms with Gasteiger partial charge >= 0.3 is 0 Å². The Labute approximate surface area is 184 Å². The first-order valence-electron chi connectivity index (χ1n) is 9.56. The zero-order valence-electron chi connectivity index (χ0n) is 18.0. The molecule has 9 nitrogen and oxygen atoms in total. The number of pyridine rings is 2. The van der Waals surface area contributed by atoms with Crippen molar-refractivity contribution in [2.24, 2.45) is 0 Å². The van der Waals surface area contributed by atoms with E-state index in [4.69, 9.17) is 4.74 Å². The van der Waals surface area contributed by atoms with Crippen LogP contribution in [0.3, 0.4) is 0 Å². The fraction of sp³-hybridized carbons (Fsp3) is 0.182. The van der Waals surface area contributed by atoms with Crippen LogP contribution in [0.15, 0.2) is 36.5 Å². The van der Waals surface area contributed by atoms with Crippen LogP contribution in [-0.2, 0) is 4.79 Å². The summed E-state index contributed by atoms with van der Waals surface area (Å²) in [6.07, 6.45) is 1.74. The van der Waals surface area contributed by atoms with Crippen molar-refractivity contribution in [1.82, 2.24) is 15.0 Å². The molecule has 2 heterocycles. The maximum Gasteiger partial charge on any atom is 0.227 e. The Morgan fingerprint density at radius 1 is 1.19 bits per heavy atom. The number of aromatic nitrogens is 2. The number of rotatable bonds is 8. The Kier molecular flexibility index (Phi) is 6.70. The lowest BCUT2D eigenvalue weighted by molar-refractivity contribution is -0.115. The molecule has 0 bridgehead atoms. The van der Waals surface area contributed by atoms with Gasteiger partial charge < -0.3 is 15.4 Å².